The molecule has 0 bridgehead atoms. The maximum atomic E-state index is 5.40. The molecule has 0 radical (unpaired) electrons. The van der Waals surface area contributed by atoms with Gasteiger partial charge in [-0.15, -0.1) is 0 Å². The highest BCUT2D eigenvalue weighted by molar-refractivity contribution is 5.79. The molecule has 1 saturated heterocycles. The Morgan fingerprint density at radius 3 is 2.40 bits per heavy atom. The highest BCUT2D eigenvalue weighted by Crippen LogP contribution is 2.27. The van der Waals surface area contributed by atoms with E-state index < -0.39 is 0 Å². The van der Waals surface area contributed by atoms with Crippen molar-refractivity contribution in [1.29, 1.82) is 0 Å². The third-order valence-electron chi connectivity index (χ3n) is 5.61. The van der Waals surface area contributed by atoms with Gasteiger partial charge >= 0.3 is 0 Å². The third-order valence-corrected chi connectivity index (χ3v) is 5.61. The Labute approximate surface area is 180 Å². The minimum Gasteiger partial charge on any atom is -0.493 e. The monoisotopic (exact) mass is 410 g/mol. The molecule has 0 amide bonds. The van der Waals surface area contributed by atoms with Crippen LogP contribution in [-0.4, -0.2) is 58.3 Å². The second-order valence-corrected chi connectivity index (χ2v) is 7.49. The molecule has 2 aromatic carbocycles. The Hall–Kier alpha value is -2.73. The van der Waals surface area contributed by atoms with E-state index in [9.17, 15) is 0 Å². The first-order chi connectivity index (χ1) is 14.7. The highest BCUT2D eigenvalue weighted by atomic mass is 16.5. The molecule has 1 unspecified atom stereocenters. The number of ether oxygens (including phenoxy) is 2. The van der Waals surface area contributed by atoms with Gasteiger partial charge in [-0.3, -0.25) is 9.89 Å². The molecule has 1 heterocycles. The van der Waals surface area contributed by atoms with Gasteiger partial charge in [-0.1, -0.05) is 36.4 Å². The topological polar surface area (TPSA) is 58.1 Å². The van der Waals surface area contributed by atoms with Crippen molar-refractivity contribution in [2.24, 2.45) is 4.99 Å². The first-order valence-corrected chi connectivity index (χ1v) is 10.7. The predicted molar refractivity (Wildman–Crippen MR) is 123 cm³/mol. The molecular formula is C24H34N4O2. The van der Waals surface area contributed by atoms with Crippen molar-refractivity contribution >= 4 is 5.96 Å². The summed E-state index contributed by atoms with van der Waals surface area (Å²) in [6, 6.07) is 17.2. The standard InChI is InChI=1S/C24H34N4O2/c1-25-24(26-14-13-19-11-12-22(29-2)23(17-19)30-3)27-18-21(28-15-7-8-16-28)20-9-5-4-6-10-20/h4-6,9-12,17,21H,7-8,13-16,18H2,1-3H3,(H2,25,26,27). The van der Waals surface area contributed by atoms with Crippen LogP contribution in [0.15, 0.2) is 53.5 Å². The molecule has 3 rings (SSSR count). The minimum absolute atomic E-state index is 0.359. The van der Waals surface area contributed by atoms with E-state index in [1.165, 1.54) is 24.0 Å². The van der Waals surface area contributed by atoms with Crippen LogP contribution in [-0.2, 0) is 6.42 Å². The van der Waals surface area contributed by atoms with Crippen molar-refractivity contribution in [3.63, 3.8) is 0 Å². The van der Waals surface area contributed by atoms with Crippen molar-refractivity contribution in [1.82, 2.24) is 15.5 Å². The number of hydrogen-bond acceptors (Lipinski definition) is 4. The number of nitrogens with zero attached hydrogens (tertiary/aromatic N) is 2. The SMILES string of the molecule is CN=C(NCCc1ccc(OC)c(OC)c1)NCC(c1ccccc1)N1CCCC1. The second-order valence-electron chi connectivity index (χ2n) is 7.49. The predicted octanol–water partition coefficient (Wildman–Crippen LogP) is 3.25. The van der Waals surface area contributed by atoms with Crippen molar-refractivity contribution < 1.29 is 9.47 Å². The molecule has 0 aromatic heterocycles. The van der Waals surface area contributed by atoms with Gasteiger partial charge in [0.2, 0.25) is 0 Å². The molecule has 1 aliphatic rings. The number of hydrogen-bond donors (Lipinski definition) is 2. The maximum Gasteiger partial charge on any atom is 0.191 e. The molecule has 0 saturated carbocycles. The summed E-state index contributed by atoms with van der Waals surface area (Å²) in [7, 11) is 5.13. The van der Waals surface area contributed by atoms with Crippen LogP contribution in [0, 0.1) is 0 Å². The number of methoxy groups -OCH3 is 2. The van der Waals surface area contributed by atoms with Gasteiger partial charge in [0.05, 0.1) is 20.3 Å². The molecule has 1 aliphatic heterocycles. The van der Waals surface area contributed by atoms with Crippen LogP contribution in [0.4, 0.5) is 0 Å². The lowest BCUT2D eigenvalue weighted by atomic mass is 10.1. The Bertz CT molecular complexity index is 804. The van der Waals surface area contributed by atoms with Crippen molar-refractivity contribution in [2.45, 2.75) is 25.3 Å². The Morgan fingerprint density at radius 1 is 1.00 bits per heavy atom. The first kappa shape index (κ1) is 22.0. The number of rotatable bonds is 9. The van der Waals surface area contributed by atoms with Gasteiger partial charge in [0, 0.05) is 20.1 Å². The summed E-state index contributed by atoms with van der Waals surface area (Å²) in [6.45, 7) is 3.94. The second kappa shape index (κ2) is 11.5. The van der Waals surface area contributed by atoms with E-state index in [1.807, 2.05) is 19.2 Å². The van der Waals surface area contributed by atoms with E-state index in [-0.39, 0.29) is 0 Å². The van der Waals surface area contributed by atoms with Gasteiger partial charge in [-0.25, -0.2) is 0 Å². The number of guanidine groups is 1. The van der Waals surface area contributed by atoms with Crippen LogP contribution < -0.4 is 20.1 Å². The largest absolute Gasteiger partial charge is 0.493 e. The fourth-order valence-corrected chi connectivity index (χ4v) is 3.96. The van der Waals surface area contributed by atoms with Crippen molar-refractivity contribution in [2.75, 3.05) is 47.4 Å². The Morgan fingerprint density at radius 2 is 1.73 bits per heavy atom. The Kier molecular flexibility index (Phi) is 8.39. The zero-order chi connectivity index (χ0) is 21.2. The van der Waals surface area contributed by atoms with Crippen LogP contribution >= 0.6 is 0 Å². The number of nitrogens with one attached hydrogen (secondary N) is 2. The molecule has 6 nitrogen and oxygen atoms in total. The van der Waals surface area contributed by atoms with Gasteiger partial charge < -0.3 is 20.1 Å². The molecule has 6 heteroatoms. The van der Waals surface area contributed by atoms with E-state index in [1.54, 1.807) is 14.2 Å². The van der Waals surface area contributed by atoms with E-state index in [2.05, 4.69) is 56.9 Å². The lowest BCUT2D eigenvalue weighted by Crippen LogP contribution is -2.43. The van der Waals surface area contributed by atoms with Crippen LogP contribution in [0.25, 0.3) is 0 Å². The molecule has 30 heavy (non-hydrogen) atoms. The first-order valence-electron chi connectivity index (χ1n) is 10.7. The molecular weight excluding hydrogens is 376 g/mol. The number of benzene rings is 2. The normalized spacial score (nSPS) is 15.6. The van der Waals surface area contributed by atoms with Gasteiger partial charge in [-0.05, 0) is 55.6 Å². The van der Waals surface area contributed by atoms with Crippen LogP contribution in [0.2, 0.25) is 0 Å². The zero-order valence-corrected chi connectivity index (χ0v) is 18.4. The summed E-state index contributed by atoms with van der Waals surface area (Å²) in [5.41, 5.74) is 2.54. The summed E-state index contributed by atoms with van der Waals surface area (Å²) < 4.78 is 10.7. The quantitative estimate of drug-likeness (QED) is 0.491. The molecule has 2 N–H and O–H groups in total. The third kappa shape index (κ3) is 5.89. The molecule has 162 valence electrons. The van der Waals surface area contributed by atoms with Gasteiger partial charge in [0.15, 0.2) is 17.5 Å². The van der Waals surface area contributed by atoms with Crippen LogP contribution in [0.5, 0.6) is 11.5 Å². The fourth-order valence-electron chi connectivity index (χ4n) is 3.96. The van der Waals surface area contributed by atoms with Gasteiger partial charge in [0.25, 0.3) is 0 Å². The summed E-state index contributed by atoms with van der Waals surface area (Å²) in [5.74, 6) is 2.34. The van der Waals surface area contributed by atoms with Gasteiger partial charge in [-0.2, -0.15) is 0 Å². The smallest absolute Gasteiger partial charge is 0.191 e. The minimum atomic E-state index is 0.359. The van der Waals surface area contributed by atoms with Crippen molar-refractivity contribution in [3.05, 3.63) is 59.7 Å². The van der Waals surface area contributed by atoms with Gasteiger partial charge in [0.1, 0.15) is 0 Å². The lowest BCUT2D eigenvalue weighted by Gasteiger charge is -2.29. The average molecular weight is 411 g/mol. The van der Waals surface area contributed by atoms with Crippen molar-refractivity contribution in [3.8, 4) is 11.5 Å². The summed E-state index contributed by atoms with van der Waals surface area (Å²) in [4.78, 5) is 6.97. The maximum absolute atomic E-state index is 5.40. The Balaban J connectivity index is 1.53. The zero-order valence-electron chi connectivity index (χ0n) is 18.4. The summed E-state index contributed by atoms with van der Waals surface area (Å²) in [5, 5.41) is 6.95. The number of likely N-dealkylation sites (tertiary alicyclic amines) is 1. The van der Waals surface area contributed by atoms with Crippen LogP contribution in [0.1, 0.15) is 30.0 Å². The fraction of sp³-hybridized carbons (Fsp3) is 0.458. The molecule has 1 fully saturated rings. The summed E-state index contributed by atoms with van der Waals surface area (Å²) >= 11 is 0. The van der Waals surface area contributed by atoms with E-state index in [0.717, 1.165) is 50.1 Å². The van der Waals surface area contributed by atoms with Crippen LogP contribution in [0.3, 0.4) is 0 Å². The van der Waals surface area contributed by atoms with E-state index >= 15 is 0 Å². The lowest BCUT2D eigenvalue weighted by molar-refractivity contribution is 0.245. The molecule has 2 aromatic rings. The molecule has 0 aliphatic carbocycles. The number of aliphatic imine (C=N–C) groups is 1. The average Bonchev–Trinajstić information content (AvgIpc) is 3.33. The van der Waals surface area contributed by atoms with E-state index in [0.29, 0.717) is 6.04 Å². The molecule has 1 atom stereocenters. The summed E-state index contributed by atoms with van der Waals surface area (Å²) in [6.07, 6.45) is 3.43. The molecule has 0 spiro atoms. The van der Waals surface area contributed by atoms with E-state index in [4.69, 9.17) is 9.47 Å². The highest BCUT2D eigenvalue weighted by Gasteiger charge is 2.23.